The summed E-state index contributed by atoms with van der Waals surface area (Å²) >= 11 is 0. The van der Waals surface area contributed by atoms with Gasteiger partial charge in [-0.15, -0.1) is 0 Å². The second-order valence-corrected chi connectivity index (χ2v) is 6.44. The lowest BCUT2D eigenvalue weighted by molar-refractivity contribution is -0.160. The number of amides is 1. The van der Waals surface area contributed by atoms with Crippen LogP contribution in [0.1, 0.15) is 37.2 Å². The molecule has 1 saturated heterocycles. The largest absolute Gasteiger partial charge is 0.479 e. The molecule has 1 aromatic rings. The van der Waals surface area contributed by atoms with E-state index in [4.69, 9.17) is 9.84 Å². The summed E-state index contributed by atoms with van der Waals surface area (Å²) in [5, 5.41) is 9.05. The van der Waals surface area contributed by atoms with Crippen LogP contribution >= 0.6 is 0 Å². The Morgan fingerprint density at radius 2 is 1.78 bits per heavy atom. The van der Waals surface area contributed by atoms with Crippen LogP contribution in [0.25, 0.3) is 0 Å². The molecule has 5 nitrogen and oxygen atoms in total. The van der Waals surface area contributed by atoms with E-state index in [0.717, 1.165) is 25.7 Å². The third-order valence-corrected chi connectivity index (χ3v) is 5.00. The Kier molecular flexibility index (Phi) is 4.96. The molecule has 0 aromatic heterocycles. The van der Waals surface area contributed by atoms with E-state index in [1.165, 1.54) is 5.56 Å². The standard InChI is InChI=1S/C18H23NO4/c20-17(19-10-11-23-16(12-19)18(21)22)15-8-6-14(7-9-15)13-4-2-1-3-5-13/h1-5,14-16H,6-12H2,(H,21,22). The zero-order valence-electron chi connectivity index (χ0n) is 13.2. The average Bonchev–Trinajstić information content (AvgIpc) is 2.62. The van der Waals surface area contributed by atoms with Crippen LogP contribution in [0, 0.1) is 5.92 Å². The van der Waals surface area contributed by atoms with E-state index < -0.39 is 12.1 Å². The quantitative estimate of drug-likeness (QED) is 0.929. The molecule has 1 N–H and O–H groups in total. The number of hydrogen-bond donors (Lipinski definition) is 1. The van der Waals surface area contributed by atoms with Crippen molar-refractivity contribution in [3.63, 3.8) is 0 Å². The summed E-state index contributed by atoms with van der Waals surface area (Å²) in [7, 11) is 0. The highest BCUT2D eigenvalue weighted by Gasteiger charge is 2.34. The number of hydrogen-bond acceptors (Lipinski definition) is 3. The minimum absolute atomic E-state index is 0.0301. The number of ether oxygens (including phenoxy) is 1. The predicted molar refractivity (Wildman–Crippen MR) is 85.1 cm³/mol. The summed E-state index contributed by atoms with van der Waals surface area (Å²) in [6.45, 7) is 0.982. The number of carbonyl (C=O) groups is 2. The Balaban J connectivity index is 1.55. The van der Waals surface area contributed by atoms with Crippen LogP contribution < -0.4 is 0 Å². The van der Waals surface area contributed by atoms with Gasteiger partial charge in [0.1, 0.15) is 0 Å². The van der Waals surface area contributed by atoms with Gasteiger partial charge in [-0.2, -0.15) is 0 Å². The highest BCUT2D eigenvalue weighted by molar-refractivity contribution is 5.80. The van der Waals surface area contributed by atoms with Crippen molar-refractivity contribution in [1.29, 1.82) is 0 Å². The van der Waals surface area contributed by atoms with E-state index in [2.05, 4.69) is 24.3 Å². The number of carboxylic acid groups (broad SMARTS) is 1. The highest BCUT2D eigenvalue weighted by atomic mass is 16.5. The van der Waals surface area contributed by atoms with Crippen LogP contribution in [0.5, 0.6) is 0 Å². The molecule has 1 unspecified atom stereocenters. The first-order valence-corrected chi connectivity index (χ1v) is 8.33. The molecule has 0 radical (unpaired) electrons. The van der Waals surface area contributed by atoms with Gasteiger partial charge in [0.15, 0.2) is 6.10 Å². The van der Waals surface area contributed by atoms with Crippen LogP contribution in [0.4, 0.5) is 0 Å². The van der Waals surface area contributed by atoms with Crippen LogP contribution in [-0.4, -0.2) is 47.7 Å². The van der Waals surface area contributed by atoms with Crippen LogP contribution in [0.3, 0.4) is 0 Å². The lowest BCUT2D eigenvalue weighted by Gasteiger charge is -2.35. The van der Waals surface area contributed by atoms with Gasteiger partial charge in [-0.3, -0.25) is 4.79 Å². The summed E-state index contributed by atoms with van der Waals surface area (Å²) in [5.74, 6) is -0.319. The number of benzene rings is 1. The zero-order valence-corrected chi connectivity index (χ0v) is 13.2. The predicted octanol–water partition coefficient (Wildman–Crippen LogP) is 2.27. The number of rotatable bonds is 3. The molecule has 1 atom stereocenters. The minimum atomic E-state index is -0.990. The summed E-state index contributed by atoms with van der Waals surface area (Å²) < 4.78 is 5.19. The van der Waals surface area contributed by atoms with Gasteiger partial charge in [-0.25, -0.2) is 4.79 Å². The van der Waals surface area contributed by atoms with Crippen molar-refractivity contribution in [2.24, 2.45) is 5.92 Å². The van der Waals surface area contributed by atoms with Gasteiger partial charge in [0.05, 0.1) is 13.2 Å². The summed E-state index contributed by atoms with van der Waals surface area (Å²) in [4.78, 5) is 25.4. The molecule has 1 aliphatic heterocycles. The number of carboxylic acids is 1. The molecule has 2 aliphatic rings. The fraction of sp³-hybridized carbons (Fsp3) is 0.556. The molecule has 1 heterocycles. The smallest absolute Gasteiger partial charge is 0.334 e. The van der Waals surface area contributed by atoms with Crippen molar-refractivity contribution in [2.45, 2.75) is 37.7 Å². The molecule has 0 spiro atoms. The molecule has 2 fully saturated rings. The highest BCUT2D eigenvalue weighted by Crippen LogP contribution is 2.36. The normalized spacial score (nSPS) is 28.3. The Morgan fingerprint density at radius 1 is 1.09 bits per heavy atom. The fourth-order valence-corrected chi connectivity index (χ4v) is 3.66. The van der Waals surface area contributed by atoms with Crippen molar-refractivity contribution < 1.29 is 19.4 Å². The van der Waals surface area contributed by atoms with E-state index in [9.17, 15) is 9.59 Å². The number of aliphatic carboxylic acids is 1. The number of nitrogens with zero attached hydrogens (tertiary/aromatic N) is 1. The molecule has 124 valence electrons. The van der Waals surface area contributed by atoms with Gasteiger partial charge in [0, 0.05) is 12.5 Å². The van der Waals surface area contributed by atoms with Crippen molar-refractivity contribution in [1.82, 2.24) is 4.90 Å². The first-order chi connectivity index (χ1) is 11.1. The van der Waals surface area contributed by atoms with Crippen molar-refractivity contribution in [3.8, 4) is 0 Å². The lowest BCUT2D eigenvalue weighted by atomic mass is 9.78. The molecule has 3 rings (SSSR count). The van der Waals surface area contributed by atoms with Crippen LogP contribution in [0.2, 0.25) is 0 Å². The minimum Gasteiger partial charge on any atom is -0.479 e. The van der Waals surface area contributed by atoms with Gasteiger partial charge in [-0.05, 0) is 37.2 Å². The second-order valence-electron chi connectivity index (χ2n) is 6.44. The molecule has 1 aromatic carbocycles. The molecule has 5 heteroatoms. The molecular weight excluding hydrogens is 294 g/mol. The van der Waals surface area contributed by atoms with E-state index in [1.54, 1.807) is 4.90 Å². The maximum atomic E-state index is 12.6. The molecule has 0 bridgehead atoms. The van der Waals surface area contributed by atoms with E-state index >= 15 is 0 Å². The van der Waals surface area contributed by atoms with E-state index in [-0.39, 0.29) is 18.4 Å². The van der Waals surface area contributed by atoms with Gasteiger partial charge in [0.25, 0.3) is 0 Å². The Bertz CT molecular complexity index is 551. The summed E-state index contributed by atoms with van der Waals surface area (Å²) in [5.41, 5.74) is 1.36. The SMILES string of the molecule is O=C(O)C1CN(C(=O)C2CCC(c3ccccc3)CC2)CCO1. The first kappa shape index (κ1) is 16.0. The third-order valence-electron chi connectivity index (χ3n) is 5.00. The lowest BCUT2D eigenvalue weighted by Crippen LogP contribution is -2.50. The Hall–Kier alpha value is -1.88. The molecule has 1 amide bonds. The Labute approximate surface area is 136 Å². The zero-order chi connectivity index (χ0) is 16.2. The molecule has 23 heavy (non-hydrogen) atoms. The average molecular weight is 317 g/mol. The summed E-state index contributed by atoms with van der Waals surface area (Å²) in [6.07, 6.45) is 2.93. The van der Waals surface area contributed by atoms with E-state index in [1.807, 2.05) is 6.07 Å². The van der Waals surface area contributed by atoms with Gasteiger partial charge >= 0.3 is 5.97 Å². The topological polar surface area (TPSA) is 66.8 Å². The van der Waals surface area contributed by atoms with Crippen molar-refractivity contribution in [3.05, 3.63) is 35.9 Å². The molecule has 1 aliphatic carbocycles. The molecular formula is C18H23NO4. The fourth-order valence-electron chi connectivity index (χ4n) is 3.66. The third kappa shape index (κ3) is 3.72. The van der Waals surface area contributed by atoms with Gasteiger partial charge in [-0.1, -0.05) is 30.3 Å². The van der Waals surface area contributed by atoms with E-state index in [0.29, 0.717) is 19.1 Å². The van der Waals surface area contributed by atoms with Crippen LogP contribution in [-0.2, 0) is 14.3 Å². The van der Waals surface area contributed by atoms with Gasteiger partial charge < -0.3 is 14.7 Å². The number of carbonyl (C=O) groups excluding carboxylic acids is 1. The van der Waals surface area contributed by atoms with Crippen molar-refractivity contribution in [2.75, 3.05) is 19.7 Å². The first-order valence-electron chi connectivity index (χ1n) is 8.33. The van der Waals surface area contributed by atoms with Crippen LogP contribution in [0.15, 0.2) is 30.3 Å². The second kappa shape index (κ2) is 7.13. The molecule has 1 saturated carbocycles. The maximum Gasteiger partial charge on any atom is 0.334 e. The van der Waals surface area contributed by atoms with Gasteiger partial charge in [0.2, 0.25) is 5.91 Å². The van der Waals surface area contributed by atoms with Crippen molar-refractivity contribution >= 4 is 11.9 Å². The Morgan fingerprint density at radius 3 is 2.43 bits per heavy atom. The summed E-state index contributed by atoms with van der Waals surface area (Å²) in [6, 6.07) is 10.5. The monoisotopic (exact) mass is 317 g/mol. The number of morpholine rings is 1. The maximum absolute atomic E-state index is 12.6.